The summed E-state index contributed by atoms with van der Waals surface area (Å²) in [6.07, 6.45) is 0. The second-order valence-electron chi connectivity index (χ2n) is 5.90. The molecule has 1 aromatic rings. The van der Waals surface area contributed by atoms with E-state index in [0.717, 1.165) is 58.2 Å². The Morgan fingerprint density at radius 1 is 1.14 bits per heavy atom. The van der Waals surface area contributed by atoms with Crippen LogP contribution in [0, 0.1) is 0 Å². The Morgan fingerprint density at radius 2 is 1.91 bits per heavy atom. The summed E-state index contributed by atoms with van der Waals surface area (Å²) in [6.45, 7) is 7.96. The van der Waals surface area contributed by atoms with Crippen LogP contribution in [0.2, 0.25) is 0 Å². The van der Waals surface area contributed by atoms with Crippen LogP contribution < -0.4 is 10.1 Å². The molecule has 1 N–H and O–H groups in total. The number of nitrogens with one attached hydrogen (secondary N) is 1. The SMILES string of the molecule is COCCNCc1ccc(CN2CCN(C)CC2)cc1OC. The number of methoxy groups -OCH3 is 2. The normalized spacial score (nSPS) is 16.9. The monoisotopic (exact) mass is 307 g/mol. The highest BCUT2D eigenvalue weighted by Crippen LogP contribution is 2.21. The minimum atomic E-state index is 0.726. The van der Waals surface area contributed by atoms with Gasteiger partial charge in [-0.15, -0.1) is 0 Å². The standard InChI is InChI=1S/C17H29N3O2/c1-19-7-9-20(10-8-19)14-15-4-5-16(17(12-15)22-3)13-18-6-11-21-2/h4-5,12,18H,6-11,13-14H2,1-3H3. The Kier molecular flexibility index (Phi) is 7.12. The van der Waals surface area contributed by atoms with E-state index in [0.29, 0.717) is 0 Å². The summed E-state index contributed by atoms with van der Waals surface area (Å²) in [5.41, 5.74) is 2.52. The molecule has 5 nitrogen and oxygen atoms in total. The van der Waals surface area contributed by atoms with Crippen molar-refractivity contribution in [3.8, 4) is 5.75 Å². The van der Waals surface area contributed by atoms with Gasteiger partial charge in [-0.05, 0) is 18.7 Å². The number of benzene rings is 1. The minimum Gasteiger partial charge on any atom is -0.496 e. The molecule has 0 bridgehead atoms. The van der Waals surface area contributed by atoms with Gasteiger partial charge in [-0.2, -0.15) is 0 Å². The fraction of sp³-hybridized carbons (Fsp3) is 0.647. The summed E-state index contributed by atoms with van der Waals surface area (Å²) in [5.74, 6) is 0.969. The zero-order valence-corrected chi connectivity index (χ0v) is 14.1. The van der Waals surface area contributed by atoms with E-state index < -0.39 is 0 Å². The molecule has 1 saturated heterocycles. The van der Waals surface area contributed by atoms with E-state index in [2.05, 4.69) is 40.4 Å². The van der Waals surface area contributed by atoms with Gasteiger partial charge in [0.15, 0.2) is 0 Å². The maximum atomic E-state index is 5.55. The molecule has 0 unspecified atom stereocenters. The van der Waals surface area contributed by atoms with E-state index in [9.17, 15) is 0 Å². The lowest BCUT2D eigenvalue weighted by atomic mass is 10.1. The van der Waals surface area contributed by atoms with Crippen molar-refractivity contribution in [2.24, 2.45) is 0 Å². The fourth-order valence-electron chi connectivity index (χ4n) is 2.69. The van der Waals surface area contributed by atoms with Gasteiger partial charge < -0.3 is 19.7 Å². The number of ether oxygens (including phenoxy) is 2. The Bertz CT molecular complexity index is 446. The zero-order valence-electron chi connectivity index (χ0n) is 14.1. The number of rotatable bonds is 8. The van der Waals surface area contributed by atoms with Crippen LogP contribution in [0.1, 0.15) is 11.1 Å². The molecule has 1 aliphatic rings. The molecule has 0 atom stereocenters. The van der Waals surface area contributed by atoms with E-state index in [4.69, 9.17) is 9.47 Å². The number of nitrogens with zero attached hydrogens (tertiary/aromatic N) is 2. The average molecular weight is 307 g/mol. The first-order valence-electron chi connectivity index (χ1n) is 7.99. The number of likely N-dealkylation sites (N-methyl/N-ethyl adjacent to an activating group) is 1. The van der Waals surface area contributed by atoms with Crippen molar-refractivity contribution in [3.63, 3.8) is 0 Å². The Balaban J connectivity index is 1.90. The largest absolute Gasteiger partial charge is 0.496 e. The molecule has 22 heavy (non-hydrogen) atoms. The van der Waals surface area contributed by atoms with Crippen molar-refractivity contribution in [2.45, 2.75) is 13.1 Å². The number of piperazine rings is 1. The molecule has 0 radical (unpaired) electrons. The molecule has 1 heterocycles. The molecule has 124 valence electrons. The molecular formula is C17H29N3O2. The molecule has 0 saturated carbocycles. The smallest absolute Gasteiger partial charge is 0.123 e. The second kappa shape index (κ2) is 9.10. The molecule has 0 amide bonds. The molecule has 0 aliphatic carbocycles. The fourth-order valence-corrected chi connectivity index (χ4v) is 2.69. The molecule has 1 aromatic carbocycles. The predicted molar refractivity (Wildman–Crippen MR) is 89.4 cm³/mol. The third kappa shape index (κ3) is 5.25. The van der Waals surface area contributed by atoms with Crippen LogP contribution in [0.25, 0.3) is 0 Å². The van der Waals surface area contributed by atoms with Crippen molar-refractivity contribution in [1.82, 2.24) is 15.1 Å². The van der Waals surface area contributed by atoms with Crippen molar-refractivity contribution < 1.29 is 9.47 Å². The van der Waals surface area contributed by atoms with Crippen LogP contribution in [-0.4, -0.2) is 70.4 Å². The summed E-state index contributed by atoms with van der Waals surface area (Å²) in [4.78, 5) is 4.89. The van der Waals surface area contributed by atoms with Gasteiger partial charge in [0.25, 0.3) is 0 Å². The highest BCUT2D eigenvalue weighted by molar-refractivity contribution is 5.37. The van der Waals surface area contributed by atoms with Gasteiger partial charge in [0.2, 0.25) is 0 Å². The van der Waals surface area contributed by atoms with Gasteiger partial charge >= 0.3 is 0 Å². The average Bonchev–Trinajstić information content (AvgIpc) is 2.54. The number of hydrogen-bond acceptors (Lipinski definition) is 5. The summed E-state index contributed by atoms with van der Waals surface area (Å²) in [5, 5.41) is 3.36. The molecule has 1 aliphatic heterocycles. The van der Waals surface area contributed by atoms with Crippen LogP contribution in [-0.2, 0) is 17.8 Å². The van der Waals surface area contributed by atoms with Crippen LogP contribution in [0.5, 0.6) is 5.75 Å². The highest BCUT2D eigenvalue weighted by Gasteiger charge is 2.14. The van der Waals surface area contributed by atoms with E-state index in [1.54, 1.807) is 14.2 Å². The van der Waals surface area contributed by atoms with Gasteiger partial charge in [0, 0.05) is 58.5 Å². The van der Waals surface area contributed by atoms with Crippen LogP contribution in [0.15, 0.2) is 18.2 Å². The quantitative estimate of drug-likeness (QED) is 0.730. The molecule has 0 aromatic heterocycles. The maximum Gasteiger partial charge on any atom is 0.123 e. The summed E-state index contributed by atoms with van der Waals surface area (Å²) >= 11 is 0. The highest BCUT2D eigenvalue weighted by atomic mass is 16.5. The molecule has 5 heteroatoms. The lowest BCUT2D eigenvalue weighted by Gasteiger charge is -2.32. The van der Waals surface area contributed by atoms with E-state index in [1.165, 1.54) is 11.1 Å². The molecule has 2 rings (SSSR count). The predicted octanol–water partition coefficient (Wildman–Crippen LogP) is 1.18. The first kappa shape index (κ1) is 17.2. The summed E-state index contributed by atoms with van der Waals surface area (Å²) in [6, 6.07) is 6.56. The Labute approximate surface area is 134 Å². The molecular weight excluding hydrogens is 278 g/mol. The van der Waals surface area contributed by atoms with Crippen LogP contribution in [0.3, 0.4) is 0 Å². The van der Waals surface area contributed by atoms with Crippen LogP contribution >= 0.6 is 0 Å². The van der Waals surface area contributed by atoms with Crippen molar-refractivity contribution >= 4 is 0 Å². The van der Waals surface area contributed by atoms with Crippen LogP contribution in [0.4, 0.5) is 0 Å². The number of hydrogen-bond donors (Lipinski definition) is 1. The first-order valence-corrected chi connectivity index (χ1v) is 7.99. The third-order valence-electron chi connectivity index (χ3n) is 4.15. The Morgan fingerprint density at radius 3 is 2.59 bits per heavy atom. The topological polar surface area (TPSA) is 37.0 Å². The zero-order chi connectivity index (χ0) is 15.8. The minimum absolute atomic E-state index is 0.726. The van der Waals surface area contributed by atoms with E-state index in [1.807, 2.05) is 0 Å². The van der Waals surface area contributed by atoms with Gasteiger partial charge in [0.1, 0.15) is 5.75 Å². The van der Waals surface area contributed by atoms with Gasteiger partial charge in [0.05, 0.1) is 13.7 Å². The Hall–Kier alpha value is -1.14. The lowest BCUT2D eigenvalue weighted by molar-refractivity contribution is 0.148. The van der Waals surface area contributed by atoms with Crippen molar-refractivity contribution in [2.75, 3.05) is 60.6 Å². The lowest BCUT2D eigenvalue weighted by Crippen LogP contribution is -2.43. The van der Waals surface area contributed by atoms with Gasteiger partial charge in [-0.1, -0.05) is 12.1 Å². The van der Waals surface area contributed by atoms with Gasteiger partial charge in [-0.3, -0.25) is 4.90 Å². The first-order chi connectivity index (χ1) is 10.7. The maximum absolute atomic E-state index is 5.55. The van der Waals surface area contributed by atoms with Crippen molar-refractivity contribution in [3.05, 3.63) is 29.3 Å². The van der Waals surface area contributed by atoms with Gasteiger partial charge in [-0.25, -0.2) is 0 Å². The van der Waals surface area contributed by atoms with Crippen molar-refractivity contribution in [1.29, 1.82) is 0 Å². The third-order valence-corrected chi connectivity index (χ3v) is 4.15. The van der Waals surface area contributed by atoms with E-state index in [-0.39, 0.29) is 0 Å². The molecule has 1 fully saturated rings. The summed E-state index contributed by atoms with van der Waals surface area (Å²) < 4.78 is 10.6. The molecule has 0 spiro atoms. The second-order valence-corrected chi connectivity index (χ2v) is 5.90. The summed E-state index contributed by atoms with van der Waals surface area (Å²) in [7, 11) is 5.65. The van der Waals surface area contributed by atoms with E-state index >= 15 is 0 Å².